The van der Waals surface area contributed by atoms with E-state index in [4.69, 9.17) is 21.1 Å². The molecule has 3 aromatic carbocycles. The summed E-state index contributed by atoms with van der Waals surface area (Å²) < 4.78 is 40.2. The van der Waals surface area contributed by atoms with Crippen LogP contribution in [0.25, 0.3) is 0 Å². The van der Waals surface area contributed by atoms with Crippen LogP contribution in [0, 0.1) is 12.8 Å². The normalized spacial score (nSPS) is 22.1. The third kappa shape index (κ3) is 3.60. The van der Waals surface area contributed by atoms with E-state index in [0.717, 1.165) is 40.3 Å². The van der Waals surface area contributed by atoms with E-state index in [1.165, 1.54) is 0 Å². The molecule has 6 rings (SSSR count). The Kier molecular flexibility index (Phi) is 5.00. The van der Waals surface area contributed by atoms with Crippen molar-refractivity contribution in [2.45, 2.75) is 30.2 Å². The molecule has 1 aliphatic carbocycles. The Morgan fingerprint density at radius 3 is 2.76 bits per heavy atom. The quantitative estimate of drug-likeness (QED) is 0.435. The lowest BCUT2D eigenvalue weighted by Crippen LogP contribution is -2.29. The maximum Gasteiger partial charge on any atom is 0.261 e. The lowest BCUT2D eigenvalue weighted by molar-refractivity contribution is 0.174. The number of nitrogens with one attached hydrogen (secondary N) is 2. The second kappa shape index (κ2) is 7.96. The van der Waals surface area contributed by atoms with E-state index in [9.17, 15) is 8.42 Å². The molecule has 2 aliphatic heterocycles. The molecule has 174 valence electrons. The summed E-state index contributed by atoms with van der Waals surface area (Å²) in [7, 11) is -3.78. The van der Waals surface area contributed by atoms with Crippen molar-refractivity contribution in [1.29, 1.82) is 0 Å². The molecule has 2 N–H and O–H groups in total. The predicted octanol–water partition coefficient (Wildman–Crippen LogP) is 6.00. The highest BCUT2D eigenvalue weighted by Gasteiger charge is 2.39. The van der Waals surface area contributed by atoms with E-state index in [2.05, 4.69) is 28.3 Å². The van der Waals surface area contributed by atoms with Gasteiger partial charge in [-0.05, 0) is 78.4 Å². The van der Waals surface area contributed by atoms with Crippen LogP contribution in [0.2, 0.25) is 5.02 Å². The van der Waals surface area contributed by atoms with Crippen LogP contribution >= 0.6 is 11.6 Å². The third-order valence-electron chi connectivity index (χ3n) is 6.84. The van der Waals surface area contributed by atoms with Gasteiger partial charge in [0.2, 0.25) is 6.79 Å². The highest BCUT2D eigenvalue weighted by atomic mass is 35.5. The fourth-order valence-corrected chi connectivity index (χ4v) is 6.41. The van der Waals surface area contributed by atoms with Crippen molar-refractivity contribution >= 4 is 33.0 Å². The van der Waals surface area contributed by atoms with E-state index >= 15 is 0 Å². The Labute approximate surface area is 203 Å². The molecule has 0 spiro atoms. The molecular weight excluding hydrogens is 472 g/mol. The summed E-state index contributed by atoms with van der Waals surface area (Å²) in [5.41, 5.74) is 4.33. The summed E-state index contributed by atoms with van der Waals surface area (Å²) in [6.45, 7) is 2.09. The molecular formula is C26H23ClN2O4S. The highest BCUT2D eigenvalue weighted by molar-refractivity contribution is 7.92. The molecule has 0 saturated carbocycles. The van der Waals surface area contributed by atoms with Crippen molar-refractivity contribution in [3.05, 3.63) is 88.5 Å². The van der Waals surface area contributed by atoms with Gasteiger partial charge in [0, 0.05) is 16.6 Å². The fraction of sp³-hybridized carbons (Fsp3) is 0.231. The first kappa shape index (κ1) is 21.4. The number of ether oxygens (including phenoxy) is 2. The van der Waals surface area contributed by atoms with Crippen molar-refractivity contribution in [2.24, 2.45) is 5.92 Å². The lowest BCUT2D eigenvalue weighted by atomic mass is 9.77. The molecule has 3 atom stereocenters. The standard InChI is InChI=1S/C26H23ClN2O4S/c1-15-5-7-17(27)12-23(15)29-34(30,31)18-8-9-22-21(13-18)19-3-2-4-20(19)26(28-22)16-6-10-24-25(11-16)33-14-32-24/h2-3,5-13,19-20,26,28-29H,4,14H2,1H3/t19-,20+,26+/m0/s1. The molecule has 0 radical (unpaired) electrons. The van der Waals surface area contributed by atoms with Gasteiger partial charge in [-0.25, -0.2) is 8.42 Å². The second-order valence-electron chi connectivity index (χ2n) is 8.90. The van der Waals surface area contributed by atoms with Crippen LogP contribution in [0.15, 0.2) is 71.6 Å². The highest BCUT2D eigenvalue weighted by Crippen LogP contribution is 2.51. The minimum absolute atomic E-state index is 0.0803. The summed E-state index contributed by atoms with van der Waals surface area (Å²) >= 11 is 6.08. The Balaban J connectivity index is 1.34. The van der Waals surface area contributed by atoms with Gasteiger partial charge in [-0.2, -0.15) is 0 Å². The molecule has 3 aromatic rings. The molecule has 0 bridgehead atoms. The average Bonchev–Trinajstić information content (AvgIpc) is 3.49. The lowest BCUT2D eigenvalue weighted by Gasteiger charge is -2.37. The van der Waals surface area contributed by atoms with Gasteiger partial charge in [-0.15, -0.1) is 0 Å². The van der Waals surface area contributed by atoms with Crippen molar-refractivity contribution < 1.29 is 17.9 Å². The van der Waals surface area contributed by atoms with E-state index in [1.54, 1.807) is 30.3 Å². The number of sulfonamides is 1. The monoisotopic (exact) mass is 494 g/mol. The molecule has 0 aromatic heterocycles. The Morgan fingerprint density at radius 2 is 1.88 bits per heavy atom. The van der Waals surface area contributed by atoms with Crippen molar-refractivity contribution in [3.63, 3.8) is 0 Å². The summed E-state index contributed by atoms with van der Waals surface area (Å²) in [4.78, 5) is 0.230. The minimum atomic E-state index is -3.78. The van der Waals surface area contributed by atoms with Gasteiger partial charge in [0.05, 0.1) is 16.6 Å². The number of aryl methyl sites for hydroxylation is 1. The van der Waals surface area contributed by atoms with Crippen molar-refractivity contribution in [3.8, 4) is 11.5 Å². The zero-order valence-electron chi connectivity index (χ0n) is 18.4. The van der Waals surface area contributed by atoms with Gasteiger partial charge in [-0.3, -0.25) is 4.72 Å². The van der Waals surface area contributed by atoms with Crippen LogP contribution in [-0.2, 0) is 10.0 Å². The maximum atomic E-state index is 13.2. The van der Waals surface area contributed by atoms with Crippen molar-refractivity contribution in [2.75, 3.05) is 16.8 Å². The molecule has 0 amide bonds. The Bertz CT molecular complexity index is 1440. The molecule has 0 saturated heterocycles. The largest absolute Gasteiger partial charge is 0.454 e. The topological polar surface area (TPSA) is 76.7 Å². The minimum Gasteiger partial charge on any atom is -0.454 e. The smallest absolute Gasteiger partial charge is 0.261 e. The van der Waals surface area contributed by atoms with E-state index in [1.807, 2.05) is 25.1 Å². The molecule has 6 nitrogen and oxygen atoms in total. The van der Waals surface area contributed by atoms with Gasteiger partial charge in [-0.1, -0.05) is 35.9 Å². The Morgan fingerprint density at radius 1 is 1.03 bits per heavy atom. The first-order valence-electron chi connectivity index (χ1n) is 11.1. The summed E-state index contributed by atoms with van der Waals surface area (Å²) in [5, 5.41) is 4.13. The van der Waals surface area contributed by atoms with Crippen LogP contribution in [-0.4, -0.2) is 15.2 Å². The molecule has 0 unspecified atom stereocenters. The zero-order valence-corrected chi connectivity index (χ0v) is 20.0. The molecule has 8 heteroatoms. The van der Waals surface area contributed by atoms with Gasteiger partial charge in [0.1, 0.15) is 0 Å². The van der Waals surface area contributed by atoms with Gasteiger partial charge < -0.3 is 14.8 Å². The zero-order chi connectivity index (χ0) is 23.4. The van der Waals surface area contributed by atoms with Crippen LogP contribution in [0.4, 0.5) is 11.4 Å². The fourth-order valence-electron chi connectivity index (χ4n) is 5.08. The predicted molar refractivity (Wildman–Crippen MR) is 132 cm³/mol. The first-order chi connectivity index (χ1) is 16.4. The number of allylic oxidation sites excluding steroid dienone is 2. The van der Waals surface area contributed by atoms with Crippen molar-refractivity contribution in [1.82, 2.24) is 0 Å². The van der Waals surface area contributed by atoms with Gasteiger partial charge >= 0.3 is 0 Å². The van der Waals surface area contributed by atoms with Gasteiger partial charge in [0.15, 0.2) is 11.5 Å². The number of hydrogen-bond donors (Lipinski definition) is 2. The molecule has 2 heterocycles. The van der Waals surface area contributed by atoms with Crippen LogP contribution in [0.5, 0.6) is 11.5 Å². The van der Waals surface area contributed by atoms with Crippen LogP contribution in [0.1, 0.15) is 35.1 Å². The average molecular weight is 495 g/mol. The summed E-state index contributed by atoms with van der Waals surface area (Å²) in [6, 6.07) is 16.6. The van der Waals surface area contributed by atoms with Gasteiger partial charge in [0.25, 0.3) is 10.0 Å². The number of halogens is 1. The second-order valence-corrected chi connectivity index (χ2v) is 11.0. The van der Waals surface area contributed by atoms with E-state index in [-0.39, 0.29) is 29.6 Å². The Hall–Kier alpha value is -3.16. The van der Waals surface area contributed by atoms with Crippen LogP contribution < -0.4 is 19.5 Å². The van der Waals surface area contributed by atoms with E-state index < -0.39 is 10.0 Å². The summed E-state index contributed by atoms with van der Waals surface area (Å²) in [6.07, 6.45) is 5.28. The number of fused-ring (bicyclic) bond motifs is 4. The molecule has 0 fully saturated rings. The molecule has 34 heavy (non-hydrogen) atoms. The number of hydrogen-bond acceptors (Lipinski definition) is 5. The maximum absolute atomic E-state index is 13.2. The summed E-state index contributed by atoms with van der Waals surface area (Å²) in [5.74, 6) is 1.92. The third-order valence-corrected chi connectivity index (χ3v) is 8.44. The number of anilines is 2. The number of benzene rings is 3. The first-order valence-corrected chi connectivity index (χ1v) is 13.0. The molecule has 3 aliphatic rings. The SMILES string of the molecule is Cc1ccc(Cl)cc1NS(=O)(=O)c1ccc2c(c1)[C@H]1C=CC[C@H]1[C@@H](c1ccc3c(c1)OCO3)N2. The van der Waals surface area contributed by atoms with Crippen LogP contribution in [0.3, 0.4) is 0 Å². The number of rotatable bonds is 4. The van der Waals surface area contributed by atoms with E-state index in [0.29, 0.717) is 10.7 Å².